The predicted molar refractivity (Wildman–Crippen MR) is 245 cm³/mol. The van der Waals surface area contributed by atoms with Crippen molar-refractivity contribution in [2.45, 2.75) is 25.2 Å². The number of para-hydroxylation sites is 3. The Morgan fingerprint density at radius 1 is 0.458 bits per heavy atom. The summed E-state index contributed by atoms with van der Waals surface area (Å²) in [6.07, 6.45) is 2.87. The van der Waals surface area contributed by atoms with E-state index in [1.807, 2.05) is 12.1 Å². The second kappa shape index (κ2) is 13.6. The Bertz CT molecular complexity index is 3370. The first-order valence-corrected chi connectivity index (χ1v) is 20.7. The van der Waals surface area contributed by atoms with E-state index in [0.717, 1.165) is 74.8 Å². The first-order chi connectivity index (χ1) is 29.2. The molecule has 0 aliphatic heterocycles. The highest BCUT2D eigenvalue weighted by Gasteiger charge is 2.30. The first kappa shape index (κ1) is 33.7. The summed E-state index contributed by atoms with van der Waals surface area (Å²) in [4.78, 5) is 2.39. The zero-order valence-corrected chi connectivity index (χ0v) is 32.4. The number of anilines is 3. The largest absolute Gasteiger partial charge is 0.456 e. The highest BCUT2D eigenvalue weighted by molar-refractivity contribution is 6.17. The van der Waals surface area contributed by atoms with Crippen molar-refractivity contribution in [2.24, 2.45) is 0 Å². The summed E-state index contributed by atoms with van der Waals surface area (Å²) in [7, 11) is 0. The summed E-state index contributed by atoms with van der Waals surface area (Å²) in [5.74, 6) is 0.255. The normalized spacial score (nSPS) is 13.9. The van der Waals surface area contributed by atoms with Gasteiger partial charge in [-0.05, 0) is 124 Å². The van der Waals surface area contributed by atoms with Crippen molar-refractivity contribution in [3.63, 3.8) is 0 Å². The minimum absolute atomic E-state index is 0.255. The van der Waals surface area contributed by atoms with Crippen molar-refractivity contribution >= 4 is 71.7 Å². The van der Waals surface area contributed by atoms with E-state index < -0.39 is 0 Å². The Morgan fingerprint density at radius 2 is 1.10 bits per heavy atom. The van der Waals surface area contributed by atoms with E-state index in [1.165, 1.54) is 55.1 Å². The summed E-state index contributed by atoms with van der Waals surface area (Å²) in [5.41, 5.74) is 16.1. The van der Waals surface area contributed by atoms with Gasteiger partial charge in [-0.1, -0.05) is 133 Å². The fourth-order valence-corrected chi connectivity index (χ4v) is 9.90. The molecule has 1 unspecified atom stereocenters. The van der Waals surface area contributed by atoms with E-state index in [2.05, 4.69) is 187 Å². The van der Waals surface area contributed by atoms with E-state index in [4.69, 9.17) is 8.83 Å². The highest BCUT2D eigenvalue weighted by Crippen LogP contribution is 2.51. The van der Waals surface area contributed by atoms with Gasteiger partial charge >= 0.3 is 0 Å². The molecule has 59 heavy (non-hydrogen) atoms. The Balaban J connectivity index is 1.12. The van der Waals surface area contributed by atoms with Gasteiger partial charge in [-0.25, -0.2) is 0 Å². The molecule has 2 aromatic heterocycles. The average Bonchev–Trinajstić information content (AvgIpc) is 3.81. The minimum atomic E-state index is 0.255. The maximum absolute atomic E-state index is 6.66. The van der Waals surface area contributed by atoms with Crippen LogP contribution >= 0.6 is 0 Å². The van der Waals surface area contributed by atoms with Crippen LogP contribution in [0.5, 0.6) is 0 Å². The van der Waals surface area contributed by atoms with Crippen LogP contribution in [0, 0.1) is 0 Å². The molecule has 0 radical (unpaired) electrons. The Morgan fingerprint density at radius 3 is 1.95 bits per heavy atom. The molecule has 1 aliphatic carbocycles. The standard InChI is InChI=1S/C56H39NO2/c1-3-15-37(16-4-1)55-54-40(33-53-56(55)48-23-10-12-25-51(48)59-53)27-26-39(32-38-18-13-17-36-14-7-8-21-44(36)38)49-34-42(29-31-47(49)54)57(41-19-5-2-6-20-41)43-28-30-46-45-22-9-11-24-50(45)58-52(46)35-43/h1-25,28-31,33-35,39H,26-27,32H2. The zero-order valence-electron chi connectivity index (χ0n) is 32.4. The summed E-state index contributed by atoms with van der Waals surface area (Å²) in [5, 5.41) is 7.19. The predicted octanol–water partition coefficient (Wildman–Crippen LogP) is 15.7. The Kier molecular flexibility index (Phi) is 7.80. The molecular weight excluding hydrogens is 719 g/mol. The molecule has 3 nitrogen and oxygen atoms in total. The number of nitrogens with zero attached hydrogens (tertiary/aromatic N) is 1. The van der Waals surface area contributed by atoms with Gasteiger partial charge in [0.05, 0.1) is 0 Å². The monoisotopic (exact) mass is 757 g/mol. The van der Waals surface area contributed by atoms with Crippen LogP contribution in [0.25, 0.3) is 76.9 Å². The molecule has 0 bridgehead atoms. The molecule has 1 aliphatic rings. The molecule has 0 saturated heterocycles. The number of hydrogen-bond donors (Lipinski definition) is 0. The second-order valence-corrected chi connectivity index (χ2v) is 15.9. The molecule has 0 N–H and O–H groups in total. The van der Waals surface area contributed by atoms with Gasteiger partial charge in [-0.3, -0.25) is 0 Å². The molecule has 9 aromatic carbocycles. The lowest BCUT2D eigenvalue weighted by molar-refractivity contribution is 0.629. The molecule has 12 rings (SSSR count). The van der Waals surface area contributed by atoms with Gasteiger partial charge < -0.3 is 13.7 Å². The smallest absolute Gasteiger partial charge is 0.137 e. The van der Waals surface area contributed by atoms with Crippen LogP contribution in [0.1, 0.15) is 29.0 Å². The van der Waals surface area contributed by atoms with E-state index in [1.54, 1.807) is 0 Å². The molecule has 0 saturated carbocycles. The molecule has 0 amide bonds. The zero-order chi connectivity index (χ0) is 38.9. The van der Waals surface area contributed by atoms with Gasteiger partial charge in [0.25, 0.3) is 0 Å². The fourth-order valence-electron chi connectivity index (χ4n) is 9.90. The number of fused-ring (bicyclic) bond motifs is 10. The quantitative estimate of drug-likeness (QED) is 0.169. The van der Waals surface area contributed by atoms with Crippen molar-refractivity contribution < 1.29 is 8.83 Å². The molecule has 2 heterocycles. The second-order valence-electron chi connectivity index (χ2n) is 15.9. The van der Waals surface area contributed by atoms with Crippen molar-refractivity contribution in [1.29, 1.82) is 0 Å². The topological polar surface area (TPSA) is 29.5 Å². The first-order valence-electron chi connectivity index (χ1n) is 20.7. The molecule has 3 heteroatoms. The number of benzene rings is 9. The van der Waals surface area contributed by atoms with Crippen LogP contribution in [0.4, 0.5) is 17.1 Å². The summed E-state index contributed by atoms with van der Waals surface area (Å²) in [6.45, 7) is 0. The van der Waals surface area contributed by atoms with Crippen molar-refractivity contribution in [3.8, 4) is 22.3 Å². The lowest BCUT2D eigenvalue weighted by atomic mass is 9.83. The van der Waals surface area contributed by atoms with Crippen LogP contribution in [0.3, 0.4) is 0 Å². The van der Waals surface area contributed by atoms with Gasteiger partial charge in [0.15, 0.2) is 0 Å². The van der Waals surface area contributed by atoms with Gasteiger partial charge in [-0.2, -0.15) is 0 Å². The van der Waals surface area contributed by atoms with Crippen LogP contribution in [-0.2, 0) is 12.8 Å². The maximum Gasteiger partial charge on any atom is 0.137 e. The van der Waals surface area contributed by atoms with Crippen LogP contribution < -0.4 is 4.90 Å². The minimum Gasteiger partial charge on any atom is -0.456 e. The number of aryl methyl sites for hydroxylation is 1. The van der Waals surface area contributed by atoms with Crippen LogP contribution in [0.15, 0.2) is 203 Å². The Hall–Kier alpha value is -7.36. The van der Waals surface area contributed by atoms with Gasteiger partial charge in [0.1, 0.15) is 22.3 Å². The molecule has 1 atom stereocenters. The third kappa shape index (κ3) is 5.57. The molecule has 0 fully saturated rings. The van der Waals surface area contributed by atoms with Crippen LogP contribution in [0.2, 0.25) is 0 Å². The van der Waals surface area contributed by atoms with Gasteiger partial charge in [0, 0.05) is 50.2 Å². The molecule has 0 spiro atoms. The highest BCUT2D eigenvalue weighted by atomic mass is 16.3. The third-order valence-corrected chi connectivity index (χ3v) is 12.6. The van der Waals surface area contributed by atoms with Crippen molar-refractivity contribution in [1.82, 2.24) is 0 Å². The summed E-state index contributed by atoms with van der Waals surface area (Å²) in [6, 6.07) is 70.3. The fraction of sp³-hybridized carbons (Fsp3) is 0.0714. The lowest BCUT2D eigenvalue weighted by Crippen LogP contribution is -2.12. The third-order valence-electron chi connectivity index (χ3n) is 12.6. The van der Waals surface area contributed by atoms with E-state index in [0.29, 0.717) is 0 Å². The Labute approximate surface area is 342 Å². The number of rotatable bonds is 6. The van der Waals surface area contributed by atoms with Crippen LogP contribution in [-0.4, -0.2) is 0 Å². The van der Waals surface area contributed by atoms with E-state index >= 15 is 0 Å². The SMILES string of the molecule is c1ccc(-c2c3c(cc4oc5ccccc5c24)CCC(Cc2cccc4ccccc24)c2cc(N(c4ccccc4)c4ccc5c(c4)oc4ccccc45)ccc2-3)cc1. The number of hydrogen-bond acceptors (Lipinski definition) is 3. The molecular formula is C56H39NO2. The van der Waals surface area contributed by atoms with E-state index in [-0.39, 0.29) is 5.92 Å². The maximum atomic E-state index is 6.66. The summed E-state index contributed by atoms with van der Waals surface area (Å²) >= 11 is 0. The summed E-state index contributed by atoms with van der Waals surface area (Å²) < 4.78 is 13.1. The number of furan rings is 2. The lowest BCUT2D eigenvalue weighted by Gasteiger charge is -2.28. The molecule has 280 valence electrons. The van der Waals surface area contributed by atoms with Crippen molar-refractivity contribution in [3.05, 3.63) is 211 Å². The van der Waals surface area contributed by atoms with E-state index in [9.17, 15) is 0 Å². The van der Waals surface area contributed by atoms with Crippen molar-refractivity contribution in [2.75, 3.05) is 4.90 Å². The van der Waals surface area contributed by atoms with Gasteiger partial charge in [-0.15, -0.1) is 0 Å². The average molecular weight is 758 g/mol. The molecule has 11 aromatic rings. The van der Waals surface area contributed by atoms with Gasteiger partial charge in [0.2, 0.25) is 0 Å².